The molecule has 0 bridgehead atoms. The van der Waals surface area contributed by atoms with Gasteiger partial charge in [-0.1, -0.05) is 29.8 Å². The summed E-state index contributed by atoms with van der Waals surface area (Å²) < 4.78 is 16.1. The molecule has 0 saturated heterocycles. The first-order chi connectivity index (χ1) is 12.1. The first-order valence-corrected chi connectivity index (χ1v) is 8.04. The molecule has 0 amide bonds. The minimum Gasteiger partial charge on any atom is -0.482 e. The van der Waals surface area contributed by atoms with Gasteiger partial charge in [-0.15, -0.1) is 0 Å². The van der Waals surface area contributed by atoms with Crippen molar-refractivity contribution in [3.8, 4) is 17.1 Å². The highest BCUT2D eigenvalue weighted by Crippen LogP contribution is 2.22. The van der Waals surface area contributed by atoms with Gasteiger partial charge in [-0.05, 0) is 42.8 Å². The number of ether oxygens (including phenoxy) is 2. The summed E-state index contributed by atoms with van der Waals surface area (Å²) in [6, 6.07) is 14.6. The molecule has 5 nitrogen and oxygen atoms in total. The Bertz CT molecular complexity index is 858. The summed E-state index contributed by atoms with van der Waals surface area (Å²) in [7, 11) is 0. The Morgan fingerprint density at radius 1 is 1.16 bits per heavy atom. The van der Waals surface area contributed by atoms with Crippen LogP contribution in [0.15, 0.2) is 59.1 Å². The predicted octanol–water partition coefficient (Wildman–Crippen LogP) is 4.43. The van der Waals surface area contributed by atoms with Crippen LogP contribution in [-0.4, -0.2) is 17.6 Å². The molecule has 0 saturated carbocycles. The van der Waals surface area contributed by atoms with Gasteiger partial charge in [-0.25, -0.2) is 9.78 Å². The van der Waals surface area contributed by atoms with Crippen LogP contribution in [0, 0.1) is 6.92 Å². The van der Waals surface area contributed by atoms with E-state index in [9.17, 15) is 4.79 Å². The molecule has 0 unspecified atom stereocenters. The number of hydrogen-bond acceptors (Lipinski definition) is 5. The lowest BCUT2D eigenvalue weighted by Crippen LogP contribution is -2.15. The monoisotopic (exact) mass is 357 g/mol. The minimum absolute atomic E-state index is 0.0520. The fourth-order valence-corrected chi connectivity index (χ4v) is 2.29. The Morgan fingerprint density at radius 2 is 1.92 bits per heavy atom. The number of aryl methyl sites for hydroxylation is 1. The molecule has 25 heavy (non-hydrogen) atoms. The second kappa shape index (κ2) is 7.85. The summed E-state index contributed by atoms with van der Waals surface area (Å²) in [6.45, 7) is 1.69. The smallest absolute Gasteiger partial charge is 0.344 e. The standard InChI is InChI=1S/C19H16ClNO4/c1-13-4-2-3-5-16(13)23-12-19(22)24-11-18-21-10-17(25-18)14-6-8-15(20)9-7-14/h2-10H,11-12H2,1H3. The maximum atomic E-state index is 11.8. The van der Waals surface area contributed by atoms with Crippen LogP contribution < -0.4 is 4.74 Å². The van der Waals surface area contributed by atoms with Crippen LogP contribution in [0.5, 0.6) is 5.75 Å². The number of para-hydroxylation sites is 1. The van der Waals surface area contributed by atoms with E-state index in [2.05, 4.69) is 4.98 Å². The maximum absolute atomic E-state index is 11.8. The third-order valence-corrected chi connectivity index (χ3v) is 3.73. The SMILES string of the molecule is Cc1ccccc1OCC(=O)OCc1ncc(-c2ccc(Cl)cc2)o1. The van der Waals surface area contributed by atoms with Gasteiger partial charge in [0.15, 0.2) is 19.0 Å². The maximum Gasteiger partial charge on any atom is 0.344 e. The molecule has 3 rings (SSSR count). The van der Waals surface area contributed by atoms with Gasteiger partial charge in [-0.3, -0.25) is 0 Å². The van der Waals surface area contributed by atoms with E-state index < -0.39 is 5.97 Å². The lowest BCUT2D eigenvalue weighted by molar-refractivity contribution is -0.148. The summed E-state index contributed by atoms with van der Waals surface area (Å²) in [6.07, 6.45) is 1.58. The van der Waals surface area contributed by atoms with E-state index in [1.807, 2.05) is 37.3 Å². The first kappa shape index (κ1) is 17.0. The molecule has 0 aliphatic heterocycles. The largest absolute Gasteiger partial charge is 0.482 e. The van der Waals surface area contributed by atoms with Crippen molar-refractivity contribution in [3.63, 3.8) is 0 Å². The van der Waals surface area contributed by atoms with E-state index in [0.717, 1.165) is 11.1 Å². The molecule has 0 aliphatic carbocycles. The molecule has 6 heteroatoms. The van der Waals surface area contributed by atoms with Crippen LogP contribution in [0.25, 0.3) is 11.3 Å². The number of carbonyl (C=O) groups is 1. The Balaban J connectivity index is 1.51. The van der Waals surface area contributed by atoms with Crippen molar-refractivity contribution < 1.29 is 18.7 Å². The van der Waals surface area contributed by atoms with Crippen LogP contribution in [0.1, 0.15) is 11.5 Å². The van der Waals surface area contributed by atoms with Gasteiger partial charge in [-0.2, -0.15) is 0 Å². The molecule has 2 aromatic carbocycles. The van der Waals surface area contributed by atoms with E-state index >= 15 is 0 Å². The first-order valence-electron chi connectivity index (χ1n) is 7.66. The fraction of sp³-hybridized carbons (Fsp3) is 0.158. The average Bonchev–Trinajstić information content (AvgIpc) is 3.09. The summed E-state index contributed by atoms with van der Waals surface area (Å²) in [5, 5.41) is 0.645. The quantitative estimate of drug-likeness (QED) is 0.611. The van der Waals surface area contributed by atoms with Gasteiger partial charge in [0.2, 0.25) is 5.89 Å². The van der Waals surface area contributed by atoms with Crippen molar-refractivity contribution >= 4 is 17.6 Å². The lowest BCUT2D eigenvalue weighted by Gasteiger charge is -2.08. The van der Waals surface area contributed by atoms with E-state index in [4.69, 9.17) is 25.5 Å². The highest BCUT2D eigenvalue weighted by molar-refractivity contribution is 6.30. The van der Waals surface area contributed by atoms with Gasteiger partial charge in [0, 0.05) is 10.6 Å². The normalized spacial score (nSPS) is 10.5. The highest BCUT2D eigenvalue weighted by atomic mass is 35.5. The summed E-state index contributed by atoms with van der Waals surface area (Å²) in [5.74, 6) is 1.06. The predicted molar refractivity (Wildman–Crippen MR) is 93.4 cm³/mol. The highest BCUT2D eigenvalue weighted by Gasteiger charge is 2.10. The zero-order valence-corrected chi connectivity index (χ0v) is 14.3. The molecule has 0 N–H and O–H groups in total. The van der Waals surface area contributed by atoms with Crippen LogP contribution in [-0.2, 0) is 16.1 Å². The van der Waals surface area contributed by atoms with Gasteiger partial charge < -0.3 is 13.9 Å². The average molecular weight is 358 g/mol. The van der Waals surface area contributed by atoms with Crippen LogP contribution in [0.3, 0.4) is 0 Å². The number of nitrogens with zero attached hydrogens (tertiary/aromatic N) is 1. The molecule has 0 fully saturated rings. The summed E-state index contributed by atoms with van der Waals surface area (Å²) in [4.78, 5) is 15.9. The minimum atomic E-state index is -0.491. The van der Waals surface area contributed by atoms with Crippen molar-refractivity contribution in [2.75, 3.05) is 6.61 Å². The van der Waals surface area contributed by atoms with Gasteiger partial charge >= 0.3 is 5.97 Å². The summed E-state index contributed by atoms with van der Waals surface area (Å²) >= 11 is 5.86. The van der Waals surface area contributed by atoms with Crippen LogP contribution in [0.2, 0.25) is 5.02 Å². The Labute approximate surface area is 150 Å². The molecule has 0 spiro atoms. The number of esters is 1. The molecule has 0 aliphatic rings. The second-order valence-corrected chi connectivity index (χ2v) is 5.78. The molecule has 3 aromatic rings. The zero-order valence-electron chi connectivity index (χ0n) is 13.6. The topological polar surface area (TPSA) is 61.6 Å². The number of carbonyl (C=O) groups excluding carboxylic acids is 1. The molecule has 0 radical (unpaired) electrons. The molecular formula is C19H16ClNO4. The van der Waals surface area contributed by atoms with E-state index in [1.165, 1.54) is 0 Å². The van der Waals surface area contributed by atoms with Crippen LogP contribution in [0.4, 0.5) is 0 Å². The molecular weight excluding hydrogens is 342 g/mol. The second-order valence-electron chi connectivity index (χ2n) is 5.34. The third kappa shape index (κ3) is 4.61. The fourth-order valence-electron chi connectivity index (χ4n) is 2.16. The van der Waals surface area contributed by atoms with Crippen molar-refractivity contribution in [2.24, 2.45) is 0 Å². The van der Waals surface area contributed by atoms with Gasteiger partial charge in [0.05, 0.1) is 6.20 Å². The number of rotatable bonds is 6. The number of benzene rings is 2. The Hall–Kier alpha value is -2.79. The Kier molecular flexibility index (Phi) is 5.36. The van der Waals surface area contributed by atoms with E-state index in [0.29, 0.717) is 22.4 Å². The number of hydrogen-bond donors (Lipinski definition) is 0. The molecule has 128 valence electrons. The van der Waals surface area contributed by atoms with Gasteiger partial charge in [0.1, 0.15) is 5.75 Å². The number of aromatic nitrogens is 1. The molecule has 1 aromatic heterocycles. The van der Waals surface area contributed by atoms with Crippen molar-refractivity contribution in [2.45, 2.75) is 13.5 Å². The molecule has 1 heterocycles. The van der Waals surface area contributed by atoms with E-state index in [-0.39, 0.29) is 13.2 Å². The van der Waals surface area contributed by atoms with Crippen LogP contribution >= 0.6 is 11.6 Å². The van der Waals surface area contributed by atoms with Crippen molar-refractivity contribution in [1.82, 2.24) is 4.98 Å². The van der Waals surface area contributed by atoms with E-state index in [1.54, 1.807) is 24.4 Å². The number of halogens is 1. The van der Waals surface area contributed by atoms with Crippen molar-refractivity contribution in [3.05, 3.63) is 71.2 Å². The molecule has 0 atom stereocenters. The Morgan fingerprint density at radius 3 is 2.68 bits per heavy atom. The zero-order chi connectivity index (χ0) is 17.6. The van der Waals surface area contributed by atoms with Crippen molar-refractivity contribution in [1.29, 1.82) is 0 Å². The lowest BCUT2D eigenvalue weighted by atomic mass is 10.2. The third-order valence-electron chi connectivity index (χ3n) is 3.48. The summed E-state index contributed by atoms with van der Waals surface area (Å²) in [5.41, 5.74) is 1.80. The number of oxazole rings is 1. The van der Waals surface area contributed by atoms with Gasteiger partial charge in [0.25, 0.3) is 0 Å².